The van der Waals surface area contributed by atoms with Crippen molar-refractivity contribution in [1.82, 2.24) is 5.32 Å². The zero-order valence-electron chi connectivity index (χ0n) is 11.4. The second kappa shape index (κ2) is 5.98. The molecule has 0 aliphatic heterocycles. The van der Waals surface area contributed by atoms with E-state index in [9.17, 15) is 0 Å². The molecule has 3 rings (SSSR count). The van der Waals surface area contributed by atoms with E-state index in [0.717, 1.165) is 6.54 Å². The van der Waals surface area contributed by atoms with Crippen LogP contribution >= 0.6 is 38.6 Å². The highest BCUT2D eigenvalue weighted by Crippen LogP contribution is 2.38. The van der Waals surface area contributed by atoms with Crippen LogP contribution in [0.5, 0.6) is 0 Å². The molecule has 0 fully saturated rings. The highest BCUT2D eigenvalue weighted by Gasteiger charge is 2.19. The monoisotopic (exact) mass is 365 g/mol. The van der Waals surface area contributed by atoms with Gasteiger partial charge in [0.05, 0.1) is 9.83 Å². The third-order valence-electron chi connectivity index (χ3n) is 3.37. The molecule has 2 heterocycles. The zero-order chi connectivity index (χ0) is 14.1. The van der Waals surface area contributed by atoms with Crippen molar-refractivity contribution in [3.05, 3.63) is 55.5 Å². The highest BCUT2D eigenvalue weighted by molar-refractivity contribution is 9.11. The molecule has 20 heavy (non-hydrogen) atoms. The fourth-order valence-corrected chi connectivity index (χ4v) is 5.37. The Balaban J connectivity index is 2.08. The van der Waals surface area contributed by atoms with Gasteiger partial charge in [0.15, 0.2) is 0 Å². The number of benzene rings is 1. The summed E-state index contributed by atoms with van der Waals surface area (Å²) < 4.78 is 2.56. The largest absolute Gasteiger partial charge is 0.306 e. The lowest BCUT2D eigenvalue weighted by molar-refractivity contribution is 0.639. The Morgan fingerprint density at radius 3 is 2.65 bits per heavy atom. The second-order valence-electron chi connectivity index (χ2n) is 4.74. The Kier molecular flexibility index (Phi) is 4.26. The second-order valence-corrected chi connectivity index (χ2v) is 8.49. The molecule has 1 N–H and O–H groups in total. The highest BCUT2D eigenvalue weighted by atomic mass is 79.9. The minimum absolute atomic E-state index is 0.292. The van der Waals surface area contributed by atoms with Gasteiger partial charge >= 0.3 is 0 Å². The molecule has 104 valence electrons. The van der Waals surface area contributed by atoms with E-state index < -0.39 is 0 Å². The van der Waals surface area contributed by atoms with Crippen LogP contribution in [0.25, 0.3) is 10.1 Å². The minimum Gasteiger partial charge on any atom is -0.306 e. The minimum atomic E-state index is 0.292. The maximum absolute atomic E-state index is 3.63. The normalized spacial score (nSPS) is 12.9. The molecule has 4 heteroatoms. The van der Waals surface area contributed by atoms with Crippen molar-refractivity contribution in [3.63, 3.8) is 0 Å². The molecule has 0 saturated carbocycles. The molecule has 0 amide bonds. The lowest BCUT2D eigenvalue weighted by Crippen LogP contribution is -2.21. The van der Waals surface area contributed by atoms with Gasteiger partial charge in [0.1, 0.15) is 0 Å². The van der Waals surface area contributed by atoms with Crippen LogP contribution < -0.4 is 5.32 Å². The quantitative estimate of drug-likeness (QED) is 0.622. The first-order chi connectivity index (χ1) is 9.69. The van der Waals surface area contributed by atoms with Gasteiger partial charge in [0.25, 0.3) is 0 Å². The molecule has 1 unspecified atom stereocenters. The van der Waals surface area contributed by atoms with Gasteiger partial charge in [-0.15, -0.1) is 22.7 Å². The summed E-state index contributed by atoms with van der Waals surface area (Å²) in [7, 11) is 0. The molecule has 1 nitrogen and oxygen atoms in total. The van der Waals surface area contributed by atoms with E-state index in [4.69, 9.17) is 0 Å². The first-order valence-corrected chi connectivity index (χ1v) is 9.09. The van der Waals surface area contributed by atoms with Gasteiger partial charge in [-0.2, -0.15) is 0 Å². The third kappa shape index (κ3) is 2.70. The Labute approximate surface area is 135 Å². The summed E-state index contributed by atoms with van der Waals surface area (Å²) in [6.45, 7) is 5.32. The van der Waals surface area contributed by atoms with Crippen LogP contribution in [0.1, 0.15) is 28.3 Å². The predicted octanol–water partition coefficient (Wildman–Crippen LogP) is 5.73. The van der Waals surface area contributed by atoms with Crippen molar-refractivity contribution in [2.45, 2.75) is 19.9 Å². The summed E-state index contributed by atoms with van der Waals surface area (Å²) in [5, 5.41) is 4.96. The molecule has 1 atom stereocenters. The van der Waals surface area contributed by atoms with E-state index in [-0.39, 0.29) is 0 Å². The van der Waals surface area contributed by atoms with Crippen LogP contribution in [0.4, 0.5) is 0 Å². The lowest BCUT2D eigenvalue weighted by atomic mass is 10.1. The summed E-state index contributed by atoms with van der Waals surface area (Å²) in [5.74, 6) is 0. The number of aryl methyl sites for hydroxylation is 1. The van der Waals surface area contributed by atoms with E-state index in [1.165, 1.54) is 29.2 Å². The molecule has 0 spiro atoms. The molecule has 0 bridgehead atoms. The molecular weight excluding hydrogens is 350 g/mol. The molecule has 0 saturated heterocycles. The first kappa shape index (κ1) is 14.3. The van der Waals surface area contributed by atoms with Crippen molar-refractivity contribution < 1.29 is 0 Å². The Bertz CT molecular complexity index is 696. The van der Waals surface area contributed by atoms with Crippen LogP contribution in [0.3, 0.4) is 0 Å². The maximum Gasteiger partial charge on any atom is 0.0704 e. The van der Waals surface area contributed by atoms with Crippen molar-refractivity contribution in [2.75, 3.05) is 6.54 Å². The number of fused-ring (bicyclic) bond motifs is 1. The zero-order valence-corrected chi connectivity index (χ0v) is 14.7. The summed E-state index contributed by atoms with van der Waals surface area (Å²) >= 11 is 7.29. The van der Waals surface area contributed by atoms with Crippen LogP contribution in [0.2, 0.25) is 0 Å². The molecule has 2 aromatic heterocycles. The van der Waals surface area contributed by atoms with Crippen LogP contribution in [0.15, 0.2) is 40.2 Å². The molecule has 1 aromatic carbocycles. The molecule has 0 radical (unpaired) electrons. The smallest absolute Gasteiger partial charge is 0.0704 e. The summed E-state index contributed by atoms with van der Waals surface area (Å²) in [6, 6.07) is 13.5. The van der Waals surface area contributed by atoms with Crippen molar-refractivity contribution in [1.29, 1.82) is 0 Å². The Hall–Kier alpha value is -0.680. The lowest BCUT2D eigenvalue weighted by Gasteiger charge is -2.16. The van der Waals surface area contributed by atoms with Gasteiger partial charge in [-0.3, -0.25) is 0 Å². The average molecular weight is 366 g/mol. The van der Waals surface area contributed by atoms with E-state index in [1.807, 2.05) is 11.3 Å². The number of nitrogens with one attached hydrogen (secondary N) is 1. The summed E-state index contributed by atoms with van der Waals surface area (Å²) in [5.41, 5.74) is 1.38. The van der Waals surface area contributed by atoms with Gasteiger partial charge in [-0.25, -0.2) is 0 Å². The SMILES string of the molecule is CCNC(c1cc2ccccc2s1)c1cc(Br)sc1C. The van der Waals surface area contributed by atoms with Crippen LogP contribution in [-0.4, -0.2) is 6.54 Å². The van der Waals surface area contributed by atoms with E-state index in [1.54, 1.807) is 11.3 Å². The molecule has 0 aliphatic rings. The average Bonchev–Trinajstić information content (AvgIpc) is 2.99. The van der Waals surface area contributed by atoms with Gasteiger partial charge in [0.2, 0.25) is 0 Å². The topological polar surface area (TPSA) is 12.0 Å². The predicted molar refractivity (Wildman–Crippen MR) is 94.1 cm³/mol. The van der Waals surface area contributed by atoms with Crippen molar-refractivity contribution in [3.8, 4) is 0 Å². The fourth-order valence-electron chi connectivity index (χ4n) is 2.46. The van der Waals surface area contributed by atoms with E-state index in [0.29, 0.717) is 6.04 Å². The number of hydrogen-bond acceptors (Lipinski definition) is 3. The maximum atomic E-state index is 3.63. The van der Waals surface area contributed by atoms with Gasteiger partial charge in [0, 0.05) is 14.5 Å². The number of rotatable bonds is 4. The number of halogens is 1. The molecular formula is C16H16BrNS2. The van der Waals surface area contributed by atoms with Crippen LogP contribution in [-0.2, 0) is 0 Å². The fraction of sp³-hybridized carbons (Fsp3) is 0.250. The Morgan fingerprint density at radius 1 is 1.20 bits per heavy atom. The first-order valence-electron chi connectivity index (χ1n) is 6.66. The molecule has 0 aliphatic carbocycles. The van der Waals surface area contributed by atoms with Crippen LogP contribution in [0, 0.1) is 6.92 Å². The standard InChI is InChI=1S/C16H16BrNS2/c1-3-18-16(12-9-15(17)19-10(12)2)14-8-11-6-4-5-7-13(11)20-14/h4-9,16,18H,3H2,1-2H3. The van der Waals surface area contributed by atoms with E-state index >= 15 is 0 Å². The number of thiophene rings is 2. The summed E-state index contributed by atoms with van der Waals surface area (Å²) in [6.07, 6.45) is 0. The van der Waals surface area contributed by atoms with Gasteiger partial charge in [-0.05, 0) is 58.5 Å². The van der Waals surface area contributed by atoms with E-state index in [2.05, 4.69) is 71.5 Å². The van der Waals surface area contributed by atoms with Crippen molar-refractivity contribution in [2.24, 2.45) is 0 Å². The third-order valence-corrected chi connectivity index (χ3v) is 6.12. The number of hydrogen-bond donors (Lipinski definition) is 1. The van der Waals surface area contributed by atoms with Gasteiger partial charge < -0.3 is 5.32 Å². The van der Waals surface area contributed by atoms with Crippen molar-refractivity contribution >= 4 is 48.7 Å². The summed E-state index contributed by atoms with van der Waals surface area (Å²) in [4.78, 5) is 2.77. The van der Waals surface area contributed by atoms with Gasteiger partial charge in [-0.1, -0.05) is 25.1 Å². The Morgan fingerprint density at radius 2 is 2.00 bits per heavy atom. The molecule has 3 aromatic rings.